The molecule has 2 N–H and O–H groups in total. The number of benzene rings is 1. The van der Waals surface area contributed by atoms with Gasteiger partial charge in [-0.3, -0.25) is 0 Å². The van der Waals surface area contributed by atoms with E-state index in [2.05, 4.69) is 64.5 Å². The third kappa shape index (κ3) is 7.25. The van der Waals surface area contributed by atoms with Gasteiger partial charge in [-0.05, 0) is 54.3 Å². The first-order valence-corrected chi connectivity index (χ1v) is 10.5. The van der Waals surface area contributed by atoms with Gasteiger partial charge in [-0.2, -0.15) is 11.3 Å². The van der Waals surface area contributed by atoms with Crippen molar-refractivity contribution in [3.63, 3.8) is 0 Å². The van der Waals surface area contributed by atoms with Crippen LogP contribution in [0.3, 0.4) is 0 Å². The van der Waals surface area contributed by atoms with Crippen molar-refractivity contribution in [2.24, 2.45) is 10.9 Å². The molecular weight excluding hydrogens is 485 g/mol. The largest absolute Gasteiger partial charge is 0.493 e. The molecule has 0 saturated carbocycles. The summed E-state index contributed by atoms with van der Waals surface area (Å²) in [7, 11) is 0. The average Bonchev–Trinajstić information content (AvgIpc) is 3.37. The van der Waals surface area contributed by atoms with Crippen molar-refractivity contribution in [1.82, 2.24) is 10.6 Å². The van der Waals surface area contributed by atoms with Gasteiger partial charge < -0.3 is 20.1 Å². The molecule has 1 aliphatic rings. The third-order valence-corrected chi connectivity index (χ3v) is 5.24. The number of hydrogen-bond donors (Lipinski definition) is 2. The van der Waals surface area contributed by atoms with Gasteiger partial charge in [0, 0.05) is 31.2 Å². The smallest absolute Gasteiger partial charge is 0.191 e. The molecule has 1 atom stereocenters. The Morgan fingerprint density at radius 3 is 2.93 bits per heavy atom. The molecule has 1 unspecified atom stereocenters. The number of rotatable bonds is 8. The Bertz CT molecular complexity index is 731. The highest BCUT2D eigenvalue weighted by molar-refractivity contribution is 14.0. The van der Waals surface area contributed by atoms with Crippen LogP contribution in [0, 0.1) is 12.8 Å². The highest BCUT2D eigenvalue weighted by Crippen LogP contribution is 2.22. The second-order valence-corrected chi connectivity index (χ2v) is 7.61. The van der Waals surface area contributed by atoms with Crippen LogP contribution in [0.25, 0.3) is 0 Å². The van der Waals surface area contributed by atoms with Crippen molar-refractivity contribution < 1.29 is 9.47 Å². The zero-order valence-corrected chi connectivity index (χ0v) is 19.7. The van der Waals surface area contributed by atoms with E-state index in [4.69, 9.17) is 9.47 Å². The first-order valence-electron chi connectivity index (χ1n) is 9.58. The summed E-state index contributed by atoms with van der Waals surface area (Å²) in [5.74, 6) is 2.26. The molecule has 0 amide bonds. The molecule has 2 aromatic rings. The molecule has 1 aliphatic heterocycles. The van der Waals surface area contributed by atoms with E-state index in [0.29, 0.717) is 25.6 Å². The molecule has 5 nitrogen and oxygen atoms in total. The lowest BCUT2D eigenvalue weighted by molar-refractivity contribution is 0.166. The van der Waals surface area contributed by atoms with Crippen LogP contribution in [0.5, 0.6) is 5.75 Å². The second-order valence-electron chi connectivity index (χ2n) is 6.83. The second kappa shape index (κ2) is 12.3. The van der Waals surface area contributed by atoms with Gasteiger partial charge in [0.1, 0.15) is 5.75 Å². The van der Waals surface area contributed by atoms with Crippen molar-refractivity contribution in [3.8, 4) is 5.75 Å². The SMILES string of the molecule is CCNC(=NCc1ccsc1)NCc1ccc(C)cc1OCC1CCOC1.I. The van der Waals surface area contributed by atoms with Gasteiger partial charge in [0.15, 0.2) is 5.96 Å². The Morgan fingerprint density at radius 1 is 1.32 bits per heavy atom. The molecule has 3 rings (SSSR count). The van der Waals surface area contributed by atoms with Crippen LogP contribution in [0.2, 0.25) is 0 Å². The fourth-order valence-electron chi connectivity index (χ4n) is 2.94. The fourth-order valence-corrected chi connectivity index (χ4v) is 3.60. The molecule has 0 bridgehead atoms. The number of guanidine groups is 1. The van der Waals surface area contributed by atoms with Crippen LogP contribution in [0.1, 0.15) is 30.0 Å². The quantitative estimate of drug-likeness (QED) is 0.312. The minimum Gasteiger partial charge on any atom is -0.493 e. The van der Waals surface area contributed by atoms with E-state index in [9.17, 15) is 0 Å². The van der Waals surface area contributed by atoms with Crippen molar-refractivity contribution in [2.75, 3.05) is 26.4 Å². The zero-order valence-electron chi connectivity index (χ0n) is 16.6. The first kappa shape index (κ1) is 23.0. The summed E-state index contributed by atoms with van der Waals surface area (Å²) in [5.41, 5.74) is 3.57. The van der Waals surface area contributed by atoms with Crippen LogP contribution < -0.4 is 15.4 Å². The molecule has 0 radical (unpaired) electrons. The number of nitrogens with zero attached hydrogens (tertiary/aromatic N) is 1. The zero-order chi connectivity index (χ0) is 18.9. The maximum absolute atomic E-state index is 6.13. The van der Waals surface area contributed by atoms with Crippen molar-refractivity contribution in [1.29, 1.82) is 0 Å². The van der Waals surface area contributed by atoms with Gasteiger partial charge in [-0.25, -0.2) is 4.99 Å². The molecule has 28 heavy (non-hydrogen) atoms. The van der Waals surface area contributed by atoms with Gasteiger partial charge in [0.05, 0.1) is 19.8 Å². The van der Waals surface area contributed by atoms with Gasteiger partial charge in [-0.15, -0.1) is 24.0 Å². The topological polar surface area (TPSA) is 54.9 Å². The van der Waals surface area contributed by atoms with Crippen molar-refractivity contribution in [2.45, 2.75) is 33.4 Å². The minimum absolute atomic E-state index is 0. The molecule has 154 valence electrons. The molecule has 0 aliphatic carbocycles. The van der Waals surface area contributed by atoms with Crippen LogP contribution >= 0.6 is 35.3 Å². The van der Waals surface area contributed by atoms with E-state index in [-0.39, 0.29) is 24.0 Å². The minimum atomic E-state index is 0. The number of nitrogens with one attached hydrogen (secondary N) is 2. The normalized spacial score (nSPS) is 16.5. The van der Waals surface area contributed by atoms with E-state index >= 15 is 0 Å². The van der Waals surface area contributed by atoms with Crippen LogP contribution in [0.15, 0.2) is 40.0 Å². The lowest BCUT2D eigenvalue weighted by Gasteiger charge is -2.17. The van der Waals surface area contributed by atoms with Crippen molar-refractivity contribution >= 4 is 41.3 Å². The molecule has 1 fully saturated rings. The lowest BCUT2D eigenvalue weighted by Crippen LogP contribution is -2.36. The summed E-state index contributed by atoms with van der Waals surface area (Å²) >= 11 is 1.70. The third-order valence-electron chi connectivity index (χ3n) is 4.51. The predicted octanol–water partition coefficient (Wildman–Crippen LogP) is 4.35. The maximum Gasteiger partial charge on any atom is 0.191 e. The molecular formula is C21H30IN3O2S. The summed E-state index contributed by atoms with van der Waals surface area (Å²) in [6, 6.07) is 8.47. The molecule has 1 aromatic carbocycles. The van der Waals surface area contributed by atoms with E-state index < -0.39 is 0 Å². The summed E-state index contributed by atoms with van der Waals surface area (Å²) in [6.07, 6.45) is 1.08. The Morgan fingerprint density at radius 2 is 2.21 bits per heavy atom. The Kier molecular flexibility index (Phi) is 10.1. The Balaban J connectivity index is 0.00000280. The predicted molar refractivity (Wildman–Crippen MR) is 127 cm³/mol. The monoisotopic (exact) mass is 515 g/mol. The molecule has 1 aromatic heterocycles. The number of aliphatic imine (C=N–C) groups is 1. The number of ether oxygens (including phenoxy) is 2. The summed E-state index contributed by atoms with van der Waals surface area (Å²) < 4.78 is 11.6. The van der Waals surface area contributed by atoms with Gasteiger partial charge in [0.2, 0.25) is 0 Å². The summed E-state index contributed by atoms with van der Waals surface area (Å²) in [5, 5.41) is 10.9. The van der Waals surface area contributed by atoms with Crippen LogP contribution in [-0.2, 0) is 17.8 Å². The summed E-state index contributed by atoms with van der Waals surface area (Å²) in [6.45, 7) is 8.71. The Labute approximate surface area is 189 Å². The number of hydrogen-bond acceptors (Lipinski definition) is 4. The van der Waals surface area contributed by atoms with Crippen LogP contribution in [-0.4, -0.2) is 32.3 Å². The molecule has 0 spiro atoms. The number of aryl methyl sites for hydroxylation is 1. The van der Waals surface area contributed by atoms with Crippen molar-refractivity contribution in [3.05, 3.63) is 51.7 Å². The molecule has 7 heteroatoms. The highest BCUT2D eigenvalue weighted by Gasteiger charge is 2.17. The van der Waals surface area contributed by atoms with E-state index in [1.54, 1.807) is 11.3 Å². The first-order chi connectivity index (χ1) is 13.2. The molecule has 2 heterocycles. The molecule has 1 saturated heterocycles. The van der Waals surface area contributed by atoms with E-state index in [1.165, 1.54) is 11.1 Å². The standard InChI is InChI=1S/C21H29N3O2S.HI/c1-3-22-21(23-11-17-7-9-27-15-17)24-12-19-5-4-16(2)10-20(19)26-14-18-6-8-25-13-18;/h4-5,7,9-10,15,18H,3,6,8,11-14H2,1-2H3,(H2,22,23,24);1H. The van der Waals surface area contributed by atoms with E-state index in [1.807, 2.05) is 0 Å². The van der Waals surface area contributed by atoms with Gasteiger partial charge in [0.25, 0.3) is 0 Å². The van der Waals surface area contributed by atoms with Gasteiger partial charge in [-0.1, -0.05) is 12.1 Å². The average molecular weight is 515 g/mol. The lowest BCUT2D eigenvalue weighted by atomic mass is 10.1. The maximum atomic E-state index is 6.13. The van der Waals surface area contributed by atoms with Crippen LogP contribution in [0.4, 0.5) is 0 Å². The number of halogens is 1. The number of thiophene rings is 1. The van der Waals surface area contributed by atoms with Gasteiger partial charge >= 0.3 is 0 Å². The highest BCUT2D eigenvalue weighted by atomic mass is 127. The fraction of sp³-hybridized carbons (Fsp3) is 0.476. The Hall–Kier alpha value is -1.32. The van der Waals surface area contributed by atoms with E-state index in [0.717, 1.165) is 43.5 Å². The summed E-state index contributed by atoms with van der Waals surface area (Å²) in [4.78, 5) is 4.67.